The summed E-state index contributed by atoms with van der Waals surface area (Å²) in [5.41, 5.74) is 1.30. The van der Waals surface area contributed by atoms with Crippen LogP contribution in [0.4, 0.5) is 61.5 Å². The van der Waals surface area contributed by atoms with Gasteiger partial charge in [-0.05, 0) is 49.2 Å². The molecule has 0 saturated carbocycles. The fourth-order valence-corrected chi connectivity index (χ4v) is 4.40. The van der Waals surface area contributed by atoms with Crippen LogP contribution in [0.3, 0.4) is 0 Å². The van der Waals surface area contributed by atoms with Crippen molar-refractivity contribution in [2.45, 2.75) is 102 Å². The molecule has 0 fully saturated rings. The van der Waals surface area contributed by atoms with Crippen molar-refractivity contribution in [2.75, 3.05) is 13.2 Å². The number of ether oxygens (including phenoxy) is 4. The molecule has 0 heterocycles. The van der Waals surface area contributed by atoms with E-state index in [-0.39, 0.29) is 29.5 Å². The molecule has 0 aliphatic heterocycles. The maximum Gasteiger partial charge on any atom is 0.391 e. The van der Waals surface area contributed by atoms with Gasteiger partial charge in [-0.3, -0.25) is 9.59 Å². The van der Waals surface area contributed by atoms with Gasteiger partial charge in [0.15, 0.2) is 0 Å². The number of benzene rings is 2. The van der Waals surface area contributed by atoms with Crippen LogP contribution >= 0.6 is 12.4 Å². The average molecular weight is 897 g/mol. The first kappa shape index (κ1) is 56.2. The molecule has 0 saturated heterocycles. The lowest BCUT2D eigenvalue weighted by molar-refractivity contribution is -0.178. The SMILES string of the molecule is CC(O)(CC(=O)N[C@@H](COC(F)F)c1cccc(OC(F)F)c1)CC(F)(F)F.CC(O)(CC(=O)O)CC(F)(F)F.Cl.N[C@@H](COC(F)F)c1cccc(OC(F)F)c1. The maximum absolute atomic E-state index is 12.4. The second-order valence-corrected chi connectivity index (χ2v) is 12.1. The summed E-state index contributed by atoms with van der Waals surface area (Å²) < 4.78 is 185. The van der Waals surface area contributed by atoms with Gasteiger partial charge in [-0.15, -0.1) is 12.4 Å². The van der Waals surface area contributed by atoms with Gasteiger partial charge in [0.2, 0.25) is 5.91 Å². The van der Waals surface area contributed by atoms with Crippen LogP contribution in [0.5, 0.6) is 11.5 Å². The van der Waals surface area contributed by atoms with Crippen LogP contribution in [-0.4, -0.2) is 90.4 Å². The standard InChI is InChI=1S/C16H18F7NO4.C10H11F4NO2.C6H9F3O3.ClH/c1-15(26,8-16(21,22)23)6-12(25)24-11(7-27-13(17)18)9-3-2-4-10(5-9)28-14(19)20;11-9(12)16-5-8(15)6-2-1-3-7(4-6)17-10(13)14;1-5(12,2-4(10)11)3-6(7,8)9;/h2-5,11,13-14,26H,6-8H2,1H3,(H,24,25);1-4,8-10H,5,15H2;12H,2-3H2,1H3,(H,10,11);1H/t11-,15?;8-;;/m00../s1. The van der Waals surface area contributed by atoms with Gasteiger partial charge in [0.1, 0.15) is 11.5 Å². The smallest absolute Gasteiger partial charge is 0.391 e. The first-order chi connectivity index (χ1) is 25.9. The van der Waals surface area contributed by atoms with E-state index < -0.39 is 113 Å². The second-order valence-electron chi connectivity index (χ2n) is 12.1. The van der Waals surface area contributed by atoms with Gasteiger partial charge < -0.3 is 45.3 Å². The minimum atomic E-state index is -4.73. The zero-order chi connectivity index (χ0) is 44.4. The van der Waals surface area contributed by atoms with E-state index in [4.69, 9.17) is 15.9 Å². The molecule has 2 aromatic carbocycles. The van der Waals surface area contributed by atoms with Crippen LogP contribution in [0.1, 0.15) is 62.7 Å². The first-order valence-electron chi connectivity index (χ1n) is 15.6. The number of aliphatic hydroxyl groups is 2. The third-order valence-corrected chi connectivity index (χ3v) is 6.36. The molecule has 0 aliphatic carbocycles. The molecular weight excluding hydrogens is 858 g/mol. The fourth-order valence-electron chi connectivity index (χ4n) is 4.40. The Kier molecular flexibility index (Phi) is 24.7. The number of hydrogen-bond acceptors (Lipinski definition) is 9. The van der Waals surface area contributed by atoms with Crippen LogP contribution < -0.4 is 20.5 Å². The fraction of sp³-hybridized carbons (Fsp3) is 0.562. The molecule has 0 aliphatic rings. The Labute approximate surface area is 326 Å². The van der Waals surface area contributed by atoms with Crippen molar-refractivity contribution < 1.29 is 105 Å². The summed E-state index contributed by atoms with van der Waals surface area (Å²) in [5.74, 6) is -2.94. The van der Waals surface area contributed by atoms with E-state index >= 15 is 0 Å². The third-order valence-electron chi connectivity index (χ3n) is 6.36. The van der Waals surface area contributed by atoms with E-state index in [9.17, 15) is 76.2 Å². The molecule has 1 amide bonds. The summed E-state index contributed by atoms with van der Waals surface area (Å²) in [6, 6.07) is 8.08. The Morgan fingerprint density at radius 2 is 1.07 bits per heavy atom. The van der Waals surface area contributed by atoms with Crippen LogP contribution in [-0.2, 0) is 19.1 Å². The van der Waals surface area contributed by atoms with Crippen molar-refractivity contribution in [3.8, 4) is 11.5 Å². The number of aliphatic carboxylic acids is 1. The third kappa shape index (κ3) is 29.3. The Balaban J connectivity index is 0. The number of carboxylic acid groups (broad SMARTS) is 1. The number of alkyl halides is 14. The van der Waals surface area contributed by atoms with Gasteiger partial charge in [0.25, 0.3) is 0 Å². The van der Waals surface area contributed by atoms with E-state index in [1.54, 1.807) is 0 Å². The van der Waals surface area contributed by atoms with Gasteiger partial charge in [0.05, 0.1) is 62.2 Å². The van der Waals surface area contributed by atoms with Crippen molar-refractivity contribution in [2.24, 2.45) is 5.73 Å². The van der Waals surface area contributed by atoms with Crippen molar-refractivity contribution in [3.05, 3.63) is 59.7 Å². The highest BCUT2D eigenvalue weighted by molar-refractivity contribution is 5.85. The summed E-state index contributed by atoms with van der Waals surface area (Å²) in [5, 5.41) is 28.9. The molecule has 2 rings (SSSR count). The highest BCUT2D eigenvalue weighted by Gasteiger charge is 2.40. The zero-order valence-corrected chi connectivity index (χ0v) is 30.7. The van der Waals surface area contributed by atoms with Crippen molar-refractivity contribution in [1.29, 1.82) is 0 Å². The van der Waals surface area contributed by atoms with Crippen molar-refractivity contribution in [1.82, 2.24) is 5.32 Å². The number of amides is 1. The largest absolute Gasteiger partial charge is 0.481 e. The molecule has 0 bridgehead atoms. The lowest BCUT2D eigenvalue weighted by atomic mass is 9.97. The van der Waals surface area contributed by atoms with Gasteiger partial charge in [-0.1, -0.05) is 24.3 Å². The molecule has 6 N–H and O–H groups in total. The first-order valence-corrected chi connectivity index (χ1v) is 15.6. The summed E-state index contributed by atoms with van der Waals surface area (Å²) >= 11 is 0. The number of carbonyl (C=O) groups is 2. The van der Waals surface area contributed by atoms with Crippen LogP contribution in [0.2, 0.25) is 0 Å². The highest BCUT2D eigenvalue weighted by Crippen LogP contribution is 2.31. The van der Waals surface area contributed by atoms with Gasteiger partial charge in [-0.2, -0.15) is 61.5 Å². The van der Waals surface area contributed by atoms with Crippen molar-refractivity contribution in [3.63, 3.8) is 0 Å². The molecule has 2 unspecified atom stereocenters. The molecule has 336 valence electrons. The predicted molar refractivity (Wildman–Crippen MR) is 175 cm³/mol. The minimum Gasteiger partial charge on any atom is -0.481 e. The van der Waals surface area contributed by atoms with Crippen LogP contribution in [0.15, 0.2) is 48.5 Å². The molecule has 11 nitrogen and oxygen atoms in total. The number of hydrogen-bond donors (Lipinski definition) is 5. The van der Waals surface area contributed by atoms with E-state index in [0.717, 1.165) is 26.0 Å². The molecule has 2 aromatic rings. The Morgan fingerprint density at radius 1 is 0.672 bits per heavy atom. The topological polar surface area (TPSA) is 170 Å². The van der Waals surface area contributed by atoms with Gasteiger partial charge in [0, 0.05) is 0 Å². The number of nitrogens with one attached hydrogen (secondary N) is 1. The van der Waals surface area contributed by atoms with Crippen LogP contribution in [0, 0.1) is 0 Å². The summed E-state index contributed by atoms with van der Waals surface area (Å²) in [4.78, 5) is 22.0. The Morgan fingerprint density at radius 3 is 1.47 bits per heavy atom. The summed E-state index contributed by atoms with van der Waals surface area (Å²) in [6.07, 6.45) is -14.3. The van der Waals surface area contributed by atoms with Crippen LogP contribution in [0.25, 0.3) is 0 Å². The number of rotatable bonds is 19. The molecular formula is C32H39ClF14N2O9. The highest BCUT2D eigenvalue weighted by atomic mass is 35.5. The van der Waals surface area contributed by atoms with E-state index in [1.807, 2.05) is 0 Å². The van der Waals surface area contributed by atoms with E-state index in [0.29, 0.717) is 5.56 Å². The Bertz CT molecular complexity index is 1490. The molecule has 0 aromatic heterocycles. The van der Waals surface area contributed by atoms with E-state index in [1.165, 1.54) is 36.4 Å². The van der Waals surface area contributed by atoms with Gasteiger partial charge >= 0.3 is 44.8 Å². The molecule has 0 spiro atoms. The Hall–Kier alpha value is -3.91. The second kappa shape index (κ2) is 25.5. The number of nitrogens with two attached hydrogens (primary N) is 1. The minimum absolute atomic E-state index is 0. The maximum atomic E-state index is 12.4. The molecule has 58 heavy (non-hydrogen) atoms. The number of halogens is 15. The summed E-state index contributed by atoms with van der Waals surface area (Å²) in [7, 11) is 0. The predicted octanol–water partition coefficient (Wildman–Crippen LogP) is 7.89. The quantitative estimate of drug-likeness (QED) is 0.0875. The number of carboxylic acids is 1. The normalized spacial score (nSPS) is 14.8. The number of carbonyl (C=O) groups excluding carboxylic acids is 1. The molecule has 26 heteroatoms. The molecule has 4 atom stereocenters. The molecule has 0 radical (unpaired) electrons. The lowest BCUT2D eigenvalue weighted by Gasteiger charge is -2.26. The van der Waals surface area contributed by atoms with Crippen molar-refractivity contribution >= 4 is 24.3 Å². The monoisotopic (exact) mass is 896 g/mol. The van der Waals surface area contributed by atoms with Gasteiger partial charge in [-0.25, -0.2) is 0 Å². The average Bonchev–Trinajstić information content (AvgIpc) is 2.98. The summed E-state index contributed by atoms with van der Waals surface area (Å²) in [6.45, 7) is -11.8. The lowest BCUT2D eigenvalue weighted by Crippen LogP contribution is -2.40. The zero-order valence-electron chi connectivity index (χ0n) is 29.9. The van der Waals surface area contributed by atoms with E-state index in [2.05, 4.69) is 24.3 Å².